The average molecular weight is 243 g/mol. The molecule has 0 spiro atoms. The smallest absolute Gasteiger partial charge is 0.269 e. The van der Waals surface area contributed by atoms with E-state index < -0.39 is 0 Å². The number of hydrogen-bond donors (Lipinski definition) is 1. The molecule has 5 heteroatoms. The highest BCUT2D eigenvalue weighted by atomic mass is 16.6. The predicted octanol–water partition coefficient (Wildman–Crippen LogP) is 2.64. The van der Waals surface area contributed by atoms with Gasteiger partial charge in [-0.3, -0.25) is 10.1 Å². The van der Waals surface area contributed by atoms with Gasteiger partial charge in [-0.1, -0.05) is 18.2 Å². The summed E-state index contributed by atoms with van der Waals surface area (Å²) in [5.74, 6) is 0.808. The third-order valence-electron chi connectivity index (χ3n) is 2.51. The Balaban J connectivity index is 1.90. The van der Waals surface area contributed by atoms with E-state index in [0.717, 1.165) is 17.8 Å². The normalized spacial score (nSPS) is 10.0. The number of hydrogen-bond acceptors (Lipinski definition) is 4. The van der Waals surface area contributed by atoms with E-state index in [0.29, 0.717) is 6.54 Å². The van der Waals surface area contributed by atoms with Crippen molar-refractivity contribution in [2.24, 2.45) is 0 Å². The number of non-ortho nitro benzene ring substituents is 1. The van der Waals surface area contributed by atoms with Crippen molar-refractivity contribution in [2.45, 2.75) is 6.42 Å². The number of benzene rings is 1. The maximum atomic E-state index is 10.6. The summed E-state index contributed by atoms with van der Waals surface area (Å²) in [5, 5.41) is 13.8. The monoisotopic (exact) mass is 243 g/mol. The maximum absolute atomic E-state index is 10.6. The van der Waals surface area contributed by atoms with E-state index in [1.165, 1.54) is 6.07 Å². The van der Waals surface area contributed by atoms with Gasteiger partial charge in [-0.05, 0) is 24.1 Å². The van der Waals surface area contributed by atoms with Crippen LogP contribution in [0.4, 0.5) is 11.5 Å². The van der Waals surface area contributed by atoms with E-state index >= 15 is 0 Å². The summed E-state index contributed by atoms with van der Waals surface area (Å²) in [6, 6.07) is 12.3. The largest absolute Gasteiger partial charge is 0.370 e. The first-order chi connectivity index (χ1) is 8.75. The molecule has 0 aliphatic carbocycles. The Kier molecular flexibility index (Phi) is 3.86. The molecule has 0 aliphatic rings. The summed E-state index contributed by atoms with van der Waals surface area (Å²) in [6.07, 6.45) is 2.44. The van der Waals surface area contributed by atoms with Crippen molar-refractivity contribution in [3.63, 3.8) is 0 Å². The molecule has 2 aromatic rings. The minimum atomic E-state index is -0.379. The van der Waals surface area contributed by atoms with E-state index in [9.17, 15) is 10.1 Å². The van der Waals surface area contributed by atoms with Crippen molar-refractivity contribution in [3.8, 4) is 0 Å². The molecule has 1 heterocycles. The summed E-state index contributed by atoms with van der Waals surface area (Å²) < 4.78 is 0. The van der Waals surface area contributed by atoms with Crippen molar-refractivity contribution in [2.75, 3.05) is 11.9 Å². The van der Waals surface area contributed by atoms with Crippen LogP contribution < -0.4 is 5.32 Å². The van der Waals surface area contributed by atoms with E-state index in [4.69, 9.17) is 0 Å². The highest BCUT2D eigenvalue weighted by Crippen LogP contribution is 2.13. The lowest BCUT2D eigenvalue weighted by molar-refractivity contribution is -0.384. The van der Waals surface area contributed by atoms with Crippen LogP contribution in [0.15, 0.2) is 48.7 Å². The Morgan fingerprint density at radius 2 is 2.11 bits per heavy atom. The van der Waals surface area contributed by atoms with Gasteiger partial charge < -0.3 is 5.32 Å². The molecule has 0 aliphatic heterocycles. The van der Waals surface area contributed by atoms with Crippen molar-refractivity contribution < 1.29 is 4.92 Å². The van der Waals surface area contributed by atoms with Gasteiger partial charge in [0.1, 0.15) is 5.82 Å². The number of nitrogens with zero attached hydrogens (tertiary/aromatic N) is 2. The van der Waals surface area contributed by atoms with E-state index in [1.54, 1.807) is 18.3 Å². The first-order valence-corrected chi connectivity index (χ1v) is 5.64. The number of pyridine rings is 1. The number of nitro benzene ring substituents is 1. The summed E-state index contributed by atoms with van der Waals surface area (Å²) in [4.78, 5) is 14.4. The van der Waals surface area contributed by atoms with Gasteiger partial charge in [-0.15, -0.1) is 0 Å². The molecular weight excluding hydrogens is 230 g/mol. The molecule has 1 N–H and O–H groups in total. The molecule has 18 heavy (non-hydrogen) atoms. The minimum absolute atomic E-state index is 0.130. The second-order valence-electron chi connectivity index (χ2n) is 3.82. The first kappa shape index (κ1) is 12.0. The lowest BCUT2D eigenvalue weighted by Crippen LogP contribution is -2.06. The third-order valence-corrected chi connectivity index (χ3v) is 2.51. The molecule has 0 saturated carbocycles. The second-order valence-corrected chi connectivity index (χ2v) is 3.82. The molecular formula is C13H13N3O2. The van der Waals surface area contributed by atoms with E-state index in [2.05, 4.69) is 10.3 Å². The van der Waals surface area contributed by atoms with Crippen LogP contribution in [-0.4, -0.2) is 16.5 Å². The molecule has 92 valence electrons. The topological polar surface area (TPSA) is 68.1 Å². The summed E-state index contributed by atoms with van der Waals surface area (Å²) in [6.45, 7) is 0.693. The Morgan fingerprint density at radius 1 is 1.22 bits per heavy atom. The van der Waals surface area contributed by atoms with Gasteiger partial charge in [0, 0.05) is 24.9 Å². The summed E-state index contributed by atoms with van der Waals surface area (Å²) in [7, 11) is 0. The molecule has 2 rings (SSSR count). The molecule has 0 saturated heterocycles. The number of nitro groups is 1. The molecule has 0 radical (unpaired) electrons. The molecule has 5 nitrogen and oxygen atoms in total. The van der Waals surface area contributed by atoms with E-state index in [1.807, 2.05) is 24.3 Å². The van der Waals surface area contributed by atoms with Crippen molar-refractivity contribution in [1.29, 1.82) is 0 Å². The van der Waals surface area contributed by atoms with Gasteiger partial charge in [0.15, 0.2) is 0 Å². The number of aromatic nitrogens is 1. The van der Waals surface area contributed by atoms with Gasteiger partial charge in [-0.25, -0.2) is 4.98 Å². The van der Waals surface area contributed by atoms with Crippen LogP contribution in [0.5, 0.6) is 0 Å². The minimum Gasteiger partial charge on any atom is -0.370 e. The van der Waals surface area contributed by atoms with E-state index in [-0.39, 0.29) is 10.6 Å². The van der Waals surface area contributed by atoms with Gasteiger partial charge >= 0.3 is 0 Å². The Bertz CT molecular complexity index is 529. The SMILES string of the molecule is O=[N+]([O-])c1cccc(CCNc2ccccn2)c1. The molecule has 1 aromatic carbocycles. The van der Waals surface area contributed by atoms with Gasteiger partial charge in [0.2, 0.25) is 0 Å². The van der Waals surface area contributed by atoms with Gasteiger partial charge in [0.25, 0.3) is 5.69 Å². The highest BCUT2D eigenvalue weighted by Gasteiger charge is 2.05. The lowest BCUT2D eigenvalue weighted by atomic mass is 10.1. The molecule has 0 fully saturated rings. The highest BCUT2D eigenvalue weighted by molar-refractivity contribution is 5.36. The zero-order valence-corrected chi connectivity index (χ0v) is 9.74. The Hall–Kier alpha value is -2.43. The van der Waals surface area contributed by atoms with Crippen LogP contribution in [0.1, 0.15) is 5.56 Å². The fourth-order valence-electron chi connectivity index (χ4n) is 1.63. The van der Waals surface area contributed by atoms with Crippen LogP contribution in [0.25, 0.3) is 0 Å². The van der Waals surface area contributed by atoms with Gasteiger partial charge in [-0.2, -0.15) is 0 Å². The molecule has 0 unspecified atom stereocenters. The number of rotatable bonds is 5. The van der Waals surface area contributed by atoms with Crippen molar-refractivity contribution >= 4 is 11.5 Å². The quantitative estimate of drug-likeness (QED) is 0.647. The fourth-order valence-corrected chi connectivity index (χ4v) is 1.63. The average Bonchev–Trinajstić information content (AvgIpc) is 2.40. The Morgan fingerprint density at radius 3 is 2.83 bits per heavy atom. The predicted molar refractivity (Wildman–Crippen MR) is 69.5 cm³/mol. The van der Waals surface area contributed by atoms with Crippen molar-refractivity contribution in [3.05, 3.63) is 64.3 Å². The third kappa shape index (κ3) is 3.28. The van der Waals surface area contributed by atoms with Crippen LogP contribution in [0, 0.1) is 10.1 Å². The second kappa shape index (κ2) is 5.77. The van der Waals surface area contributed by atoms with Crippen LogP contribution in [0.2, 0.25) is 0 Å². The molecule has 1 aromatic heterocycles. The van der Waals surface area contributed by atoms with Crippen LogP contribution in [0.3, 0.4) is 0 Å². The lowest BCUT2D eigenvalue weighted by Gasteiger charge is -2.05. The molecule has 0 bridgehead atoms. The van der Waals surface area contributed by atoms with Crippen LogP contribution in [-0.2, 0) is 6.42 Å². The standard InChI is InChI=1S/C13H13N3O2/c17-16(18)12-5-3-4-11(10-12)7-9-15-13-6-1-2-8-14-13/h1-6,8,10H,7,9H2,(H,14,15). The zero-order chi connectivity index (χ0) is 12.8. The molecule has 0 amide bonds. The Labute approximate surface area is 105 Å². The number of nitrogens with one attached hydrogen (secondary N) is 1. The summed E-state index contributed by atoms with van der Waals surface area (Å²) >= 11 is 0. The zero-order valence-electron chi connectivity index (χ0n) is 9.74. The maximum Gasteiger partial charge on any atom is 0.269 e. The first-order valence-electron chi connectivity index (χ1n) is 5.64. The summed E-state index contributed by atoms with van der Waals surface area (Å²) in [5.41, 5.74) is 1.07. The van der Waals surface area contributed by atoms with Crippen molar-refractivity contribution in [1.82, 2.24) is 4.98 Å². The fraction of sp³-hybridized carbons (Fsp3) is 0.154. The number of anilines is 1. The van der Waals surface area contributed by atoms with Crippen LogP contribution >= 0.6 is 0 Å². The molecule has 0 atom stereocenters. The van der Waals surface area contributed by atoms with Gasteiger partial charge in [0.05, 0.1) is 4.92 Å².